The molecule has 0 bridgehead atoms. The van der Waals surface area contributed by atoms with E-state index in [9.17, 15) is 4.79 Å². The zero-order chi connectivity index (χ0) is 16.7. The van der Waals surface area contributed by atoms with Crippen molar-refractivity contribution in [3.05, 3.63) is 64.0 Å². The highest BCUT2D eigenvalue weighted by atomic mass is 32.2. The lowest BCUT2D eigenvalue weighted by Crippen LogP contribution is -2.22. The van der Waals surface area contributed by atoms with Crippen LogP contribution in [0.5, 0.6) is 0 Å². The number of anilines is 1. The Bertz CT molecular complexity index is 871. The van der Waals surface area contributed by atoms with Gasteiger partial charge in [-0.1, -0.05) is 18.2 Å². The van der Waals surface area contributed by atoms with Gasteiger partial charge in [-0.05, 0) is 48.4 Å². The number of aryl methyl sites for hydroxylation is 1. The van der Waals surface area contributed by atoms with Crippen LogP contribution in [0.25, 0.3) is 5.69 Å². The Hall–Kier alpha value is -2.05. The predicted molar refractivity (Wildman–Crippen MR) is 100 cm³/mol. The molecule has 0 saturated carbocycles. The van der Waals surface area contributed by atoms with Crippen LogP contribution in [0.15, 0.2) is 47.2 Å². The van der Waals surface area contributed by atoms with Gasteiger partial charge in [0.15, 0.2) is 0 Å². The highest BCUT2D eigenvalue weighted by Crippen LogP contribution is 2.46. The van der Waals surface area contributed by atoms with E-state index in [1.54, 1.807) is 23.1 Å². The van der Waals surface area contributed by atoms with Gasteiger partial charge in [-0.2, -0.15) is 16.4 Å². The molecule has 24 heavy (non-hydrogen) atoms. The van der Waals surface area contributed by atoms with E-state index in [4.69, 9.17) is 5.10 Å². The average molecular weight is 355 g/mol. The number of nitrogens with zero attached hydrogens (tertiary/aromatic N) is 2. The molecule has 2 unspecified atom stereocenters. The minimum absolute atomic E-state index is 0.0241. The average Bonchev–Trinajstić information content (AvgIpc) is 3.19. The topological polar surface area (TPSA) is 46.9 Å². The van der Waals surface area contributed by atoms with Crippen LogP contribution in [-0.4, -0.2) is 20.9 Å². The van der Waals surface area contributed by atoms with E-state index < -0.39 is 0 Å². The number of thioether (sulfide) groups is 1. The number of rotatable bonds is 2. The fourth-order valence-corrected chi connectivity index (χ4v) is 5.04. The predicted octanol–water partition coefficient (Wildman–Crippen LogP) is 4.41. The Morgan fingerprint density at radius 2 is 2.00 bits per heavy atom. The SMILES string of the molecule is Cc1nn(-c2ccccc2)c2c1C(c1ccsc1)SC(C)C(=O)N2. The number of fused-ring (bicyclic) bond motifs is 1. The number of para-hydroxylation sites is 1. The van der Waals surface area contributed by atoms with E-state index in [0.717, 1.165) is 22.8 Å². The summed E-state index contributed by atoms with van der Waals surface area (Å²) in [4.78, 5) is 12.5. The van der Waals surface area contributed by atoms with Gasteiger partial charge in [0.2, 0.25) is 5.91 Å². The standard InChI is InChI=1S/C18H17N3OS2/c1-11-15-16(13-8-9-23-10-13)24-12(2)18(22)19-17(15)21(20-11)14-6-4-3-5-7-14/h3-10,12,16H,1-2H3,(H,19,22). The third kappa shape index (κ3) is 2.56. The third-order valence-electron chi connectivity index (χ3n) is 4.17. The highest BCUT2D eigenvalue weighted by Gasteiger charge is 2.34. The first kappa shape index (κ1) is 15.5. The second-order valence-electron chi connectivity index (χ2n) is 5.80. The Labute approximate surface area is 148 Å². The largest absolute Gasteiger partial charge is 0.309 e. The van der Waals surface area contributed by atoms with E-state index in [1.165, 1.54) is 5.56 Å². The number of amides is 1. The molecule has 3 aromatic rings. The molecule has 0 aliphatic carbocycles. The highest BCUT2D eigenvalue weighted by molar-refractivity contribution is 8.01. The van der Waals surface area contributed by atoms with Crippen molar-refractivity contribution in [2.75, 3.05) is 5.32 Å². The molecule has 0 spiro atoms. The van der Waals surface area contributed by atoms with Crippen molar-refractivity contribution in [2.45, 2.75) is 24.3 Å². The molecule has 122 valence electrons. The lowest BCUT2D eigenvalue weighted by molar-refractivity contribution is -0.115. The lowest BCUT2D eigenvalue weighted by Gasteiger charge is -2.15. The molecular weight excluding hydrogens is 338 g/mol. The number of benzene rings is 1. The number of thiophene rings is 1. The zero-order valence-corrected chi connectivity index (χ0v) is 15.0. The Balaban J connectivity index is 1.92. The number of carbonyl (C=O) groups excluding carboxylic acids is 1. The summed E-state index contributed by atoms with van der Waals surface area (Å²) in [5, 5.41) is 12.0. The smallest absolute Gasteiger partial charge is 0.238 e. The van der Waals surface area contributed by atoms with Crippen molar-refractivity contribution < 1.29 is 4.79 Å². The molecule has 6 heteroatoms. The fourth-order valence-electron chi connectivity index (χ4n) is 2.95. The second kappa shape index (κ2) is 6.11. The van der Waals surface area contributed by atoms with E-state index in [2.05, 4.69) is 22.1 Å². The van der Waals surface area contributed by atoms with Crippen LogP contribution < -0.4 is 5.32 Å². The monoisotopic (exact) mass is 355 g/mol. The van der Waals surface area contributed by atoms with Gasteiger partial charge in [0.25, 0.3) is 0 Å². The van der Waals surface area contributed by atoms with Crippen molar-refractivity contribution in [2.24, 2.45) is 0 Å². The number of hydrogen-bond acceptors (Lipinski definition) is 4. The van der Waals surface area contributed by atoms with Gasteiger partial charge in [-0.3, -0.25) is 4.79 Å². The van der Waals surface area contributed by atoms with Crippen molar-refractivity contribution in [1.82, 2.24) is 9.78 Å². The fraction of sp³-hybridized carbons (Fsp3) is 0.222. The van der Waals surface area contributed by atoms with Crippen molar-refractivity contribution in [1.29, 1.82) is 0 Å². The molecule has 3 heterocycles. The number of nitrogens with one attached hydrogen (secondary N) is 1. The summed E-state index contributed by atoms with van der Waals surface area (Å²) in [5.41, 5.74) is 4.22. The molecule has 1 amide bonds. The van der Waals surface area contributed by atoms with Crippen LogP contribution in [0.1, 0.15) is 29.0 Å². The van der Waals surface area contributed by atoms with Crippen LogP contribution in [0.2, 0.25) is 0 Å². The molecule has 0 fully saturated rings. The first-order valence-corrected chi connectivity index (χ1v) is 9.67. The number of hydrogen-bond donors (Lipinski definition) is 1. The second-order valence-corrected chi connectivity index (χ2v) is 8.03. The minimum Gasteiger partial charge on any atom is -0.309 e. The number of carbonyl (C=O) groups is 1. The summed E-state index contributed by atoms with van der Waals surface area (Å²) in [7, 11) is 0. The van der Waals surface area contributed by atoms with E-state index in [0.29, 0.717) is 0 Å². The van der Waals surface area contributed by atoms with Gasteiger partial charge < -0.3 is 5.32 Å². The maximum absolute atomic E-state index is 12.5. The molecule has 1 N–H and O–H groups in total. The quantitative estimate of drug-likeness (QED) is 0.741. The van der Waals surface area contributed by atoms with E-state index >= 15 is 0 Å². The first-order chi connectivity index (χ1) is 11.6. The summed E-state index contributed by atoms with van der Waals surface area (Å²) < 4.78 is 1.85. The maximum atomic E-state index is 12.5. The summed E-state index contributed by atoms with van der Waals surface area (Å²) in [5.74, 6) is 0.813. The molecule has 4 nitrogen and oxygen atoms in total. The summed E-state index contributed by atoms with van der Waals surface area (Å²) in [6.45, 7) is 3.97. The molecule has 2 aromatic heterocycles. The van der Waals surface area contributed by atoms with Gasteiger partial charge in [-0.25, -0.2) is 4.68 Å². The van der Waals surface area contributed by atoms with E-state index in [1.807, 2.05) is 48.9 Å². The normalized spacial score (nSPS) is 20.3. The lowest BCUT2D eigenvalue weighted by atomic mass is 10.1. The molecule has 2 atom stereocenters. The first-order valence-electron chi connectivity index (χ1n) is 7.78. The Kier molecular flexibility index (Phi) is 3.94. The van der Waals surface area contributed by atoms with Gasteiger partial charge >= 0.3 is 0 Å². The van der Waals surface area contributed by atoms with Crippen LogP contribution in [0.3, 0.4) is 0 Å². The third-order valence-corrected chi connectivity index (χ3v) is 6.27. The van der Waals surface area contributed by atoms with Gasteiger partial charge in [0.05, 0.1) is 21.9 Å². The van der Waals surface area contributed by atoms with Gasteiger partial charge in [0.1, 0.15) is 5.82 Å². The molecular formula is C18H17N3OS2. The van der Waals surface area contributed by atoms with Crippen LogP contribution in [-0.2, 0) is 4.79 Å². The zero-order valence-electron chi connectivity index (χ0n) is 13.4. The van der Waals surface area contributed by atoms with Crippen molar-refractivity contribution in [3.8, 4) is 5.69 Å². The van der Waals surface area contributed by atoms with E-state index in [-0.39, 0.29) is 16.4 Å². The maximum Gasteiger partial charge on any atom is 0.238 e. The molecule has 4 rings (SSSR count). The van der Waals surface area contributed by atoms with Crippen LogP contribution in [0.4, 0.5) is 5.82 Å². The summed E-state index contributed by atoms with van der Waals surface area (Å²) in [6.07, 6.45) is 0. The summed E-state index contributed by atoms with van der Waals surface area (Å²) >= 11 is 3.36. The van der Waals surface area contributed by atoms with Gasteiger partial charge in [0, 0.05) is 5.56 Å². The number of aromatic nitrogens is 2. The molecule has 0 radical (unpaired) electrons. The van der Waals surface area contributed by atoms with Crippen LogP contribution in [0, 0.1) is 6.92 Å². The Morgan fingerprint density at radius 3 is 2.71 bits per heavy atom. The van der Waals surface area contributed by atoms with Gasteiger partial charge in [-0.15, -0.1) is 11.8 Å². The molecule has 1 aliphatic rings. The molecule has 1 aromatic carbocycles. The Morgan fingerprint density at radius 1 is 1.21 bits per heavy atom. The van der Waals surface area contributed by atoms with Crippen molar-refractivity contribution in [3.63, 3.8) is 0 Å². The minimum atomic E-state index is -0.120. The summed E-state index contributed by atoms with van der Waals surface area (Å²) in [6, 6.07) is 12.1. The molecule has 0 saturated heterocycles. The van der Waals surface area contributed by atoms with Crippen molar-refractivity contribution >= 4 is 34.8 Å². The van der Waals surface area contributed by atoms with Crippen LogP contribution >= 0.6 is 23.1 Å². The molecule has 1 aliphatic heterocycles.